The number of hydrogen-bond donors (Lipinski definition) is 0. The molecule has 136 valence electrons. The van der Waals surface area contributed by atoms with Crippen molar-refractivity contribution in [3.05, 3.63) is 36.5 Å². The normalized spacial score (nSPS) is 19.6. The molecule has 0 aromatic carbocycles. The van der Waals surface area contributed by atoms with Crippen LogP contribution in [0.1, 0.15) is 32.1 Å². The maximum absolute atomic E-state index is 9.80. The molecule has 2 fully saturated rings. The second kappa shape index (κ2) is 6.31. The highest BCUT2D eigenvalue weighted by molar-refractivity contribution is 5.56. The number of hydrogen-bond acceptors (Lipinski definition) is 6. The second-order valence-electron chi connectivity index (χ2n) is 7.58. The third-order valence-electron chi connectivity index (χ3n) is 6.23. The highest BCUT2D eigenvalue weighted by Crippen LogP contribution is 2.48. The first-order chi connectivity index (χ1) is 13.3. The van der Waals surface area contributed by atoms with Crippen LogP contribution in [0.2, 0.25) is 0 Å². The van der Waals surface area contributed by atoms with Gasteiger partial charge in [0.2, 0.25) is 5.82 Å². The van der Waals surface area contributed by atoms with E-state index in [1.807, 2.05) is 30.3 Å². The third kappa shape index (κ3) is 2.64. The van der Waals surface area contributed by atoms with Crippen molar-refractivity contribution >= 4 is 11.5 Å². The van der Waals surface area contributed by atoms with Crippen molar-refractivity contribution in [3.8, 4) is 17.6 Å². The Balaban J connectivity index is 1.42. The van der Waals surface area contributed by atoms with E-state index in [1.165, 1.54) is 19.3 Å². The molecule has 7 nitrogen and oxygen atoms in total. The highest BCUT2D eigenvalue weighted by atomic mass is 15.4. The van der Waals surface area contributed by atoms with Gasteiger partial charge in [0.05, 0.1) is 11.5 Å². The van der Waals surface area contributed by atoms with Gasteiger partial charge in [0.25, 0.3) is 0 Å². The van der Waals surface area contributed by atoms with Gasteiger partial charge in [0, 0.05) is 19.3 Å². The first kappa shape index (κ1) is 16.2. The number of rotatable bonds is 3. The first-order valence-electron chi connectivity index (χ1n) is 9.59. The van der Waals surface area contributed by atoms with E-state index >= 15 is 0 Å². The molecule has 2 aliphatic rings. The predicted molar refractivity (Wildman–Crippen MR) is 101 cm³/mol. The third-order valence-corrected chi connectivity index (χ3v) is 6.23. The molecule has 1 saturated heterocycles. The SMILES string of the molecule is N#CC1(C2CCC2)CCN(c2ccc3nnc(-c4ccccn4)n3n2)CC1. The van der Waals surface area contributed by atoms with E-state index in [4.69, 9.17) is 5.10 Å². The molecule has 7 heteroatoms. The molecule has 1 saturated carbocycles. The largest absolute Gasteiger partial charge is 0.355 e. The lowest BCUT2D eigenvalue weighted by Crippen LogP contribution is -2.45. The highest BCUT2D eigenvalue weighted by Gasteiger charge is 2.44. The van der Waals surface area contributed by atoms with Crippen LogP contribution in [-0.4, -0.2) is 37.9 Å². The minimum Gasteiger partial charge on any atom is -0.355 e. The van der Waals surface area contributed by atoms with E-state index in [9.17, 15) is 5.26 Å². The average molecular weight is 359 g/mol. The molecule has 0 unspecified atom stereocenters. The summed E-state index contributed by atoms with van der Waals surface area (Å²) < 4.78 is 1.76. The van der Waals surface area contributed by atoms with Crippen molar-refractivity contribution in [1.82, 2.24) is 24.8 Å². The topological polar surface area (TPSA) is 83.0 Å². The summed E-state index contributed by atoms with van der Waals surface area (Å²) in [5.74, 6) is 2.14. The van der Waals surface area contributed by atoms with Crippen molar-refractivity contribution in [2.45, 2.75) is 32.1 Å². The maximum atomic E-state index is 9.80. The fraction of sp³-hybridized carbons (Fsp3) is 0.450. The van der Waals surface area contributed by atoms with Crippen LogP contribution in [0, 0.1) is 22.7 Å². The van der Waals surface area contributed by atoms with Gasteiger partial charge in [0.1, 0.15) is 11.5 Å². The summed E-state index contributed by atoms with van der Waals surface area (Å²) in [6.45, 7) is 1.73. The number of fused-ring (bicyclic) bond motifs is 1. The molecule has 0 radical (unpaired) electrons. The summed E-state index contributed by atoms with van der Waals surface area (Å²) in [4.78, 5) is 6.64. The molecule has 1 aliphatic carbocycles. The zero-order chi connectivity index (χ0) is 18.3. The quantitative estimate of drug-likeness (QED) is 0.714. The van der Waals surface area contributed by atoms with E-state index < -0.39 is 0 Å². The summed E-state index contributed by atoms with van der Waals surface area (Å²) in [7, 11) is 0. The van der Waals surface area contributed by atoms with Crippen LogP contribution >= 0.6 is 0 Å². The fourth-order valence-electron chi connectivity index (χ4n) is 4.31. The smallest absolute Gasteiger partial charge is 0.203 e. The molecule has 27 heavy (non-hydrogen) atoms. The Morgan fingerprint density at radius 2 is 1.93 bits per heavy atom. The summed E-state index contributed by atoms with van der Waals surface area (Å²) in [6, 6.07) is 12.3. The number of aromatic nitrogens is 5. The van der Waals surface area contributed by atoms with Crippen molar-refractivity contribution < 1.29 is 0 Å². The molecule has 4 heterocycles. The van der Waals surface area contributed by atoms with Gasteiger partial charge in [0.15, 0.2) is 5.65 Å². The van der Waals surface area contributed by atoms with Gasteiger partial charge in [-0.2, -0.15) is 9.78 Å². The molecular formula is C20H21N7. The van der Waals surface area contributed by atoms with E-state index in [0.717, 1.165) is 37.4 Å². The molecular weight excluding hydrogens is 338 g/mol. The lowest BCUT2D eigenvalue weighted by molar-refractivity contribution is 0.110. The lowest BCUT2D eigenvalue weighted by Gasteiger charge is -2.45. The van der Waals surface area contributed by atoms with Crippen molar-refractivity contribution in [2.75, 3.05) is 18.0 Å². The first-order valence-corrected chi connectivity index (χ1v) is 9.59. The van der Waals surface area contributed by atoms with Gasteiger partial charge >= 0.3 is 0 Å². The molecule has 0 N–H and O–H groups in total. The van der Waals surface area contributed by atoms with Crippen LogP contribution in [0.5, 0.6) is 0 Å². The monoisotopic (exact) mass is 359 g/mol. The Kier molecular flexibility index (Phi) is 3.78. The van der Waals surface area contributed by atoms with Gasteiger partial charge in [-0.3, -0.25) is 4.98 Å². The van der Waals surface area contributed by atoms with Crippen molar-refractivity contribution in [2.24, 2.45) is 11.3 Å². The average Bonchev–Trinajstić information content (AvgIpc) is 3.11. The number of nitrogens with zero attached hydrogens (tertiary/aromatic N) is 7. The number of piperidine rings is 1. The minimum atomic E-state index is -0.130. The van der Waals surface area contributed by atoms with Gasteiger partial charge in [-0.05, 0) is 55.9 Å². The molecule has 0 bridgehead atoms. The Hall–Kier alpha value is -3.01. The molecule has 3 aromatic rings. The van der Waals surface area contributed by atoms with Crippen LogP contribution in [0.25, 0.3) is 17.2 Å². The zero-order valence-electron chi connectivity index (χ0n) is 15.1. The summed E-state index contributed by atoms with van der Waals surface area (Å²) in [6.07, 6.45) is 7.29. The van der Waals surface area contributed by atoms with E-state index in [1.54, 1.807) is 10.7 Å². The minimum absolute atomic E-state index is 0.130. The summed E-state index contributed by atoms with van der Waals surface area (Å²) in [5.41, 5.74) is 1.33. The molecule has 0 spiro atoms. The Bertz CT molecular complexity index is 992. The molecule has 0 amide bonds. The van der Waals surface area contributed by atoms with Crippen LogP contribution in [0.3, 0.4) is 0 Å². The second-order valence-corrected chi connectivity index (χ2v) is 7.58. The van der Waals surface area contributed by atoms with Crippen LogP contribution in [0.4, 0.5) is 5.82 Å². The molecule has 0 atom stereocenters. The van der Waals surface area contributed by atoms with Gasteiger partial charge < -0.3 is 4.90 Å². The van der Waals surface area contributed by atoms with E-state index in [-0.39, 0.29) is 5.41 Å². The summed E-state index contributed by atoms with van der Waals surface area (Å²) >= 11 is 0. The predicted octanol–water partition coefficient (Wildman–Crippen LogP) is 3.10. The Labute approximate surface area is 157 Å². The standard InChI is InChI=1S/C20H21N7/c21-14-20(15-4-3-5-15)9-12-26(13-10-20)18-8-7-17-23-24-19(27(17)25-18)16-6-1-2-11-22-16/h1-2,6-8,11,15H,3-5,9-10,12-13H2. The number of pyridine rings is 1. The van der Waals surface area contributed by atoms with Crippen LogP contribution < -0.4 is 4.90 Å². The maximum Gasteiger partial charge on any atom is 0.203 e. The summed E-state index contributed by atoms with van der Waals surface area (Å²) in [5, 5.41) is 23.0. The number of nitriles is 1. The molecule has 1 aliphatic heterocycles. The van der Waals surface area contributed by atoms with Gasteiger partial charge in [-0.1, -0.05) is 12.5 Å². The fourth-order valence-corrected chi connectivity index (χ4v) is 4.31. The van der Waals surface area contributed by atoms with Crippen LogP contribution in [0.15, 0.2) is 36.5 Å². The Morgan fingerprint density at radius 3 is 2.59 bits per heavy atom. The van der Waals surface area contributed by atoms with E-state index in [2.05, 4.69) is 26.2 Å². The van der Waals surface area contributed by atoms with Crippen molar-refractivity contribution in [3.63, 3.8) is 0 Å². The molecule has 5 rings (SSSR count). The van der Waals surface area contributed by atoms with Crippen LogP contribution in [-0.2, 0) is 0 Å². The van der Waals surface area contributed by atoms with Gasteiger partial charge in [-0.25, -0.2) is 0 Å². The van der Waals surface area contributed by atoms with E-state index in [0.29, 0.717) is 17.4 Å². The zero-order valence-corrected chi connectivity index (χ0v) is 15.1. The molecule has 3 aromatic heterocycles. The Morgan fingerprint density at radius 1 is 1.07 bits per heavy atom. The van der Waals surface area contributed by atoms with Gasteiger partial charge in [-0.15, -0.1) is 15.3 Å². The van der Waals surface area contributed by atoms with Crippen molar-refractivity contribution in [1.29, 1.82) is 5.26 Å². The number of anilines is 1. The lowest BCUT2D eigenvalue weighted by atomic mass is 9.62.